The molecular weight excluding hydrogens is 454 g/mol. The van der Waals surface area contributed by atoms with Crippen LogP contribution in [0.5, 0.6) is 0 Å². The number of rotatable bonds is 3. The summed E-state index contributed by atoms with van der Waals surface area (Å²) in [5.41, 5.74) is 0.721. The van der Waals surface area contributed by atoms with Crippen molar-refractivity contribution >= 4 is 68.0 Å². The maximum Gasteiger partial charge on any atom is 0.264 e. The van der Waals surface area contributed by atoms with Gasteiger partial charge < -0.3 is 19.4 Å². The van der Waals surface area contributed by atoms with Gasteiger partial charge in [-0.3, -0.25) is 4.79 Å². The van der Waals surface area contributed by atoms with E-state index in [9.17, 15) is 4.79 Å². The van der Waals surface area contributed by atoms with Crippen LogP contribution in [0.2, 0.25) is 5.02 Å². The topological polar surface area (TPSA) is 67.1 Å². The molecule has 3 heterocycles. The highest BCUT2D eigenvalue weighted by Crippen LogP contribution is 2.34. The summed E-state index contributed by atoms with van der Waals surface area (Å²) in [4.78, 5) is 19.3. The third kappa shape index (κ3) is 4.40. The van der Waals surface area contributed by atoms with Gasteiger partial charge in [0.25, 0.3) is 5.91 Å². The van der Waals surface area contributed by atoms with E-state index in [0.717, 1.165) is 29.1 Å². The summed E-state index contributed by atoms with van der Waals surface area (Å²) in [6.07, 6.45) is 1.72. The lowest BCUT2D eigenvalue weighted by Crippen LogP contribution is -2.36. The number of carbonyl (C=O) groups excluding carboxylic acids is 1. The zero-order valence-corrected chi connectivity index (χ0v) is 17.2. The van der Waals surface area contributed by atoms with E-state index in [2.05, 4.69) is 31.1 Å². The number of halogens is 2. The maximum atomic E-state index is 12.2. The van der Waals surface area contributed by atoms with E-state index in [1.54, 1.807) is 30.3 Å². The standard InChI is InChI=1S/C18H15BrClN3O3S/c19-14-9-13(26-17(14)23-5-7-25-8-6-23)10-15-16(24)22-18(27-15)21-12-3-1-11(20)2-4-12/h1-4,9-10H,5-8H2,(H,21,22,24)/b15-10-. The third-order valence-corrected chi connectivity index (χ3v) is 5.70. The molecule has 6 nitrogen and oxygen atoms in total. The van der Waals surface area contributed by atoms with E-state index in [0.29, 0.717) is 34.1 Å². The van der Waals surface area contributed by atoms with Gasteiger partial charge in [0.2, 0.25) is 5.88 Å². The minimum Gasteiger partial charge on any atom is -0.440 e. The molecule has 0 spiro atoms. The van der Waals surface area contributed by atoms with Crippen molar-refractivity contribution in [2.24, 2.45) is 4.99 Å². The fraction of sp³-hybridized carbons (Fsp3) is 0.222. The fourth-order valence-corrected chi connectivity index (χ4v) is 4.18. The van der Waals surface area contributed by atoms with Crippen LogP contribution >= 0.6 is 39.3 Å². The molecule has 0 unspecified atom stereocenters. The normalized spacial score (nSPS) is 20.5. The molecule has 0 radical (unpaired) electrons. The van der Waals surface area contributed by atoms with Crippen LogP contribution in [0.25, 0.3) is 6.08 Å². The van der Waals surface area contributed by atoms with Crippen molar-refractivity contribution in [3.8, 4) is 0 Å². The monoisotopic (exact) mass is 467 g/mol. The Morgan fingerprint density at radius 3 is 2.74 bits per heavy atom. The number of hydrogen-bond acceptors (Lipinski definition) is 6. The Bertz CT molecular complexity index is 920. The summed E-state index contributed by atoms with van der Waals surface area (Å²) in [5.74, 6) is 1.16. The second kappa shape index (κ2) is 8.10. The van der Waals surface area contributed by atoms with Crippen LogP contribution in [0.15, 0.2) is 49.1 Å². The average molecular weight is 469 g/mol. The van der Waals surface area contributed by atoms with Gasteiger partial charge in [-0.15, -0.1) is 0 Å². The molecule has 2 saturated heterocycles. The summed E-state index contributed by atoms with van der Waals surface area (Å²) < 4.78 is 12.2. The van der Waals surface area contributed by atoms with E-state index in [1.807, 2.05) is 6.07 Å². The molecule has 27 heavy (non-hydrogen) atoms. The van der Waals surface area contributed by atoms with Crippen molar-refractivity contribution < 1.29 is 13.9 Å². The second-order valence-corrected chi connectivity index (χ2v) is 8.18. The van der Waals surface area contributed by atoms with E-state index in [4.69, 9.17) is 20.8 Å². The molecule has 0 aliphatic carbocycles. The number of nitrogens with one attached hydrogen (secondary N) is 1. The summed E-state index contributed by atoms with van der Waals surface area (Å²) in [6.45, 7) is 2.89. The van der Waals surface area contributed by atoms with Crippen LogP contribution in [0, 0.1) is 0 Å². The Kier molecular flexibility index (Phi) is 5.58. The molecule has 4 rings (SSSR count). The number of thioether (sulfide) groups is 1. The Labute approximate surface area is 173 Å². The number of ether oxygens (including phenoxy) is 1. The molecule has 9 heteroatoms. The van der Waals surface area contributed by atoms with Crippen LogP contribution in [0.3, 0.4) is 0 Å². The number of anilines is 1. The highest BCUT2D eigenvalue weighted by atomic mass is 79.9. The van der Waals surface area contributed by atoms with Gasteiger partial charge in [0.05, 0.1) is 28.3 Å². The minimum atomic E-state index is -0.201. The van der Waals surface area contributed by atoms with Gasteiger partial charge in [0, 0.05) is 30.3 Å². The first-order valence-electron chi connectivity index (χ1n) is 8.26. The van der Waals surface area contributed by atoms with Crippen molar-refractivity contribution in [2.75, 3.05) is 31.2 Å². The molecule has 0 bridgehead atoms. The molecule has 1 N–H and O–H groups in total. The first-order chi connectivity index (χ1) is 13.1. The molecule has 2 aromatic rings. The lowest BCUT2D eigenvalue weighted by atomic mass is 10.3. The van der Waals surface area contributed by atoms with Gasteiger partial charge in [-0.2, -0.15) is 0 Å². The Balaban J connectivity index is 1.52. The molecule has 1 aromatic heterocycles. The number of furan rings is 1. The lowest BCUT2D eigenvalue weighted by Gasteiger charge is -2.26. The van der Waals surface area contributed by atoms with Crippen molar-refractivity contribution in [2.45, 2.75) is 0 Å². The number of amidine groups is 1. The van der Waals surface area contributed by atoms with Gasteiger partial charge in [-0.05, 0) is 52.0 Å². The van der Waals surface area contributed by atoms with E-state index >= 15 is 0 Å². The zero-order valence-electron chi connectivity index (χ0n) is 14.1. The number of aliphatic imine (C=N–C) groups is 1. The number of benzene rings is 1. The van der Waals surface area contributed by atoms with E-state index in [1.165, 1.54) is 11.8 Å². The summed E-state index contributed by atoms with van der Waals surface area (Å²) in [5, 5.41) is 3.93. The van der Waals surface area contributed by atoms with Gasteiger partial charge in [0.1, 0.15) is 5.76 Å². The lowest BCUT2D eigenvalue weighted by molar-refractivity contribution is -0.115. The first-order valence-corrected chi connectivity index (χ1v) is 10.2. The third-order valence-electron chi connectivity index (χ3n) is 3.97. The van der Waals surface area contributed by atoms with Crippen molar-refractivity contribution in [1.82, 2.24) is 5.32 Å². The Hall–Kier alpha value is -1.74. The molecule has 2 aliphatic rings. The number of nitrogens with zero attached hydrogens (tertiary/aromatic N) is 2. The summed E-state index contributed by atoms with van der Waals surface area (Å²) in [6, 6.07) is 8.96. The largest absolute Gasteiger partial charge is 0.440 e. The molecule has 2 aliphatic heterocycles. The maximum absolute atomic E-state index is 12.2. The number of amides is 1. The van der Waals surface area contributed by atoms with Crippen LogP contribution in [-0.2, 0) is 9.53 Å². The minimum absolute atomic E-state index is 0.201. The van der Waals surface area contributed by atoms with Crippen LogP contribution < -0.4 is 10.2 Å². The molecule has 1 amide bonds. The van der Waals surface area contributed by atoms with Crippen LogP contribution in [-0.4, -0.2) is 37.4 Å². The summed E-state index contributed by atoms with van der Waals surface area (Å²) in [7, 11) is 0. The smallest absolute Gasteiger partial charge is 0.264 e. The van der Waals surface area contributed by atoms with Crippen molar-refractivity contribution in [1.29, 1.82) is 0 Å². The van der Waals surface area contributed by atoms with Gasteiger partial charge in [-0.25, -0.2) is 4.99 Å². The quantitative estimate of drug-likeness (QED) is 0.675. The Morgan fingerprint density at radius 2 is 2.00 bits per heavy atom. The van der Waals surface area contributed by atoms with E-state index < -0.39 is 0 Å². The molecular formula is C18H15BrClN3O3S. The molecule has 0 saturated carbocycles. The SMILES string of the molecule is O=C1NC(=Nc2ccc(Cl)cc2)S/C1=C\c1cc(Br)c(N2CCOCC2)o1. The number of morpholine rings is 1. The van der Waals surface area contributed by atoms with Crippen molar-refractivity contribution in [3.05, 3.63) is 50.5 Å². The molecule has 2 fully saturated rings. The molecule has 0 atom stereocenters. The van der Waals surface area contributed by atoms with Gasteiger partial charge in [-0.1, -0.05) is 11.6 Å². The second-order valence-electron chi connectivity index (χ2n) is 5.86. The molecule has 1 aromatic carbocycles. The first kappa shape index (κ1) is 18.6. The number of carbonyl (C=O) groups is 1. The predicted molar refractivity (Wildman–Crippen MR) is 112 cm³/mol. The van der Waals surface area contributed by atoms with E-state index in [-0.39, 0.29) is 5.91 Å². The van der Waals surface area contributed by atoms with Gasteiger partial charge in [0.15, 0.2) is 5.17 Å². The van der Waals surface area contributed by atoms with Crippen LogP contribution in [0.4, 0.5) is 11.6 Å². The summed E-state index contributed by atoms with van der Waals surface area (Å²) >= 11 is 10.7. The highest BCUT2D eigenvalue weighted by molar-refractivity contribution is 9.10. The highest BCUT2D eigenvalue weighted by Gasteiger charge is 2.25. The number of hydrogen-bond donors (Lipinski definition) is 1. The fourth-order valence-electron chi connectivity index (χ4n) is 2.67. The van der Waals surface area contributed by atoms with Gasteiger partial charge >= 0.3 is 0 Å². The van der Waals surface area contributed by atoms with Crippen LogP contribution in [0.1, 0.15) is 5.76 Å². The van der Waals surface area contributed by atoms with Crippen molar-refractivity contribution in [3.63, 3.8) is 0 Å². The Morgan fingerprint density at radius 1 is 1.26 bits per heavy atom. The predicted octanol–water partition coefficient (Wildman–Crippen LogP) is 4.42. The zero-order chi connectivity index (χ0) is 18.8. The average Bonchev–Trinajstić information content (AvgIpc) is 3.20. The molecule has 140 valence electrons.